The molecule has 0 unspecified atom stereocenters. The monoisotopic (exact) mass is 433 g/mol. The van der Waals surface area contributed by atoms with Crippen molar-refractivity contribution >= 4 is 21.6 Å². The first-order valence-electron chi connectivity index (χ1n) is 11.5. The molecular weight excluding hydrogens is 398 g/mol. The van der Waals surface area contributed by atoms with Gasteiger partial charge in [-0.15, -0.1) is 0 Å². The molecule has 2 N–H and O–H groups in total. The Morgan fingerprint density at radius 3 is 2.47 bits per heavy atom. The molecule has 3 aliphatic rings. The van der Waals surface area contributed by atoms with Gasteiger partial charge in [0.15, 0.2) is 0 Å². The van der Waals surface area contributed by atoms with E-state index in [0.717, 1.165) is 44.3 Å². The molecular formula is C23H35N3O3S. The van der Waals surface area contributed by atoms with Gasteiger partial charge in [-0.1, -0.05) is 31.4 Å². The zero-order chi connectivity index (χ0) is 21.2. The van der Waals surface area contributed by atoms with Gasteiger partial charge in [0.1, 0.15) is 0 Å². The number of nitrogens with one attached hydrogen (secondary N) is 2. The van der Waals surface area contributed by atoms with E-state index in [4.69, 9.17) is 0 Å². The molecule has 0 aromatic heterocycles. The first-order valence-corrected chi connectivity index (χ1v) is 13.4. The van der Waals surface area contributed by atoms with Gasteiger partial charge < -0.3 is 10.2 Å². The molecule has 1 aromatic rings. The van der Waals surface area contributed by atoms with Gasteiger partial charge in [0.25, 0.3) is 0 Å². The molecule has 7 heteroatoms. The fourth-order valence-electron chi connectivity index (χ4n) is 5.27. The quantitative estimate of drug-likeness (QED) is 0.660. The summed E-state index contributed by atoms with van der Waals surface area (Å²) in [4.78, 5) is 16.0. The third-order valence-corrected chi connectivity index (χ3v) is 7.70. The second-order valence-corrected chi connectivity index (χ2v) is 11.3. The van der Waals surface area contributed by atoms with Gasteiger partial charge in [0.05, 0.1) is 11.7 Å². The maximum absolute atomic E-state index is 13.5. The molecule has 166 valence electrons. The minimum atomic E-state index is -3.34. The molecule has 6 nitrogen and oxygen atoms in total. The van der Waals surface area contributed by atoms with Gasteiger partial charge in [0.2, 0.25) is 15.9 Å². The summed E-state index contributed by atoms with van der Waals surface area (Å²) in [6.07, 6.45) is 11.6. The molecule has 0 bridgehead atoms. The molecule has 1 aliphatic heterocycles. The van der Waals surface area contributed by atoms with E-state index >= 15 is 0 Å². The van der Waals surface area contributed by atoms with Gasteiger partial charge in [-0.05, 0) is 75.2 Å². The number of anilines is 1. The largest absolute Gasteiger partial charge is 0.351 e. The second kappa shape index (κ2) is 8.87. The van der Waals surface area contributed by atoms with Crippen LogP contribution >= 0.6 is 0 Å². The maximum Gasteiger partial charge on any atom is 0.230 e. The van der Waals surface area contributed by atoms with E-state index in [2.05, 4.69) is 14.9 Å². The number of rotatable bonds is 8. The molecule has 1 atom stereocenters. The van der Waals surface area contributed by atoms with Crippen LogP contribution in [0.4, 0.5) is 5.69 Å². The smallest absolute Gasteiger partial charge is 0.230 e. The van der Waals surface area contributed by atoms with Crippen LogP contribution in [0.15, 0.2) is 24.3 Å². The topological polar surface area (TPSA) is 78.5 Å². The number of carbonyl (C=O) groups is 1. The Hall–Kier alpha value is -1.60. The zero-order valence-corrected chi connectivity index (χ0v) is 18.8. The van der Waals surface area contributed by atoms with Gasteiger partial charge >= 0.3 is 0 Å². The number of amides is 1. The number of nitrogens with zero attached hydrogens (tertiary/aromatic N) is 1. The van der Waals surface area contributed by atoms with Crippen LogP contribution in [0.25, 0.3) is 0 Å². The van der Waals surface area contributed by atoms with E-state index in [0.29, 0.717) is 11.6 Å². The molecule has 4 rings (SSSR count). The highest BCUT2D eigenvalue weighted by atomic mass is 32.2. The Bertz CT molecular complexity index is 854. The predicted octanol–water partition coefficient (Wildman–Crippen LogP) is 3.25. The molecule has 1 amide bonds. The van der Waals surface area contributed by atoms with Gasteiger partial charge in [-0.25, -0.2) is 8.42 Å². The highest BCUT2D eigenvalue weighted by Crippen LogP contribution is 2.49. The summed E-state index contributed by atoms with van der Waals surface area (Å²) < 4.78 is 25.7. The van der Waals surface area contributed by atoms with Crippen molar-refractivity contribution in [2.24, 2.45) is 5.92 Å². The van der Waals surface area contributed by atoms with Crippen LogP contribution in [0.5, 0.6) is 0 Å². The number of hydrogen-bond donors (Lipinski definition) is 2. The molecule has 2 aliphatic carbocycles. The van der Waals surface area contributed by atoms with Crippen molar-refractivity contribution in [1.29, 1.82) is 0 Å². The maximum atomic E-state index is 13.5. The lowest BCUT2D eigenvalue weighted by molar-refractivity contribution is -0.125. The van der Waals surface area contributed by atoms with Crippen molar-refractivity contribution in [2.75, 3.05) is 30.6 Å². The summed E-state index contributed by atoms with van der Waals surface area (Å²) in [6.45, 7) is 3.25. The van der Waals surface area contributed by atoms with Gasteiger partial charge in [-0.2, -0.15) is 0 Å². The number of carbonyl (C=O) groups excluding carboxylic acids is 1. The molecule has 1 heterocycles. The lowest BCUT2D eigenvalue weighted by Crippen LogP contribution is -2.50. The average molecular weight is 434 g/mol. The van der Waals surface area contributed by atoms with Crippen molar-refractivity contribution < 1.29 is 13.2 Å². The summed E-state index contributed by atoms with van der Waals surface area (Å²) >= 11 is 0. The number of hydrogen-bond acceptors (Lipinski definition) is 4. The highest BCUT2D eigenvalue weighted by Gasteiger charge is 2.52. The highest BCUT2D eigenvalue weighted by molar-refractivity contribution is 7.92. The average Bonchev–Trinajstić information content (AvgIpc) is 3.37. The van der Waals surface area contributed by atoms with Crippen LogP contribution in [0, 0.1) is 5.92 Å². The Morgan fingerprint density at radius 2 is 1.83 bits per heavy atom. The Morgan fingerprint density at radius 1 is 1.13 bits per heavy atom. The number of benzene rings is 1. The molecule has 1 aromatic carbocycles. The molecule has 0 radical (unpaired) electrons. The van der Waals surface area contributed by atoms with E-state index in [9.17, 15) is 13.2 Å². The predicted molar refractivity (Wildman–Crippen MR) is 120 cm³/mol. The fraction of sp³-hybridized carbons (Fsp3) is 0.696. The van der Waals surface area contributed by atoms with E-state index in [1.807, 2.05) is 18.2 Å². The SMILES string of the molecule is CS(=O)(=O)Nc1cccc(C2(C(=O)N[C@H](CN3CCCC3)C3CCCCC3)CC2)c1. The summed E-state index contributed by atoms with van der Waals surface area (Å²) in [7, 11) is -3.34. The summed E-state index contributed by atoms with van der Waals surface area (Å²) in [6, 6.07) is 7.56. The lowest BCUT2D eigenvalue weighted by Gasteiger charge is -2.34. The van der Waals surface area contributed by atoms with Crippen molar-refractivity contribution in [3.05, 3.63) is 29.8 Å². The summed E-state index contributed by atoms with van der Waals surface area (Å²) in [5.74, 6) is 0.686. The zero-order valence-electron chi connectivity index (χ0n) is 18.0. The number of likely N-dealkylation sites (tertiary alicyclic amines) is 1. The molecule has 1 saturated heterocycles. The summed E-state index contributed by atoms with van der Waals surface area (Å²) in [5.41, 5.74) is 0.930. The fourth-order valence-corrected chi connectivity index (χ4v) is 5.82. The molecule has 3 fully saturated rings. The molecule has 0 spiro atoms. The standard InChI is InChI=1S/C23H35N3O3S/c1-30(28,29)25-20-11-7-10-19(16-20)23(12-13-23)22(27)24-21(17-26-14-5-6-15-26)18-8-3-2-4-9-18/h7,10-11,16,18,21,25H,2-6,8-9,12-15,17H2,1H3,(H,24,27)/t21-/m1/s1. The first kappa shape index (κ1) is 21.6. The van der Waals surface area contributed by atoms with E-state index < -0.39 is 15.4 Å². The van der Waals surface area contributed by atoms with E-state index in [1.165, 1.54) is 44.9 Å². The van der Waals surface area contributed by atoms with E-state index in [-0.39, 0.29) is 11.9 Å². The van der Waals surface area contributed by atoms with Crippen LogP contribution in [-0.4, -0.2) is 51.2 Å². The number of sulfonamides is 1. The Kier molecular flexibility index (Phi) is 6.39. The van der Waals surface area contributed by atoms with Crippen LogP contribution in [0.3, 0.4) is 0 Å². The van der Waals surface area contributed by atoms with Crippen molar-refractivity contribution in [3.8, 4) is 0 Å². The first-order chi connectivity index (χ1) is 14.4. The van der Waals surface area contributed by atoms with Gasteiger partial charge in [0, 0.05) is 18.3 Å². The Labute approximate surface area is 180 Å². The van der Waals surface area contributed by atoms with E-state index in [1.54, 1.807) is 6.07 Å². The normalized spacial score (nSPS) is 23.1. The van der Waals surface area contributed by atoms with Crippen LogP contribution in [-0.2, 0) is 20.2 Å². The third kappa shape index (κ3) is 5.17. The van der Waals surface area contributed by atoms with Gasteiger partial charge in [-0.3, -0.25) is 9.52 Å². The van der Waals surface area contributed by atoms with Crippen LogP contribution in [0.1, 0.15) is 63.4 Å². The minimum absolute atomic E-state index is 0.119. The second-order valence-electron chi connectivity index (χ2n) is 9.52. The van der Waals surface area contributed by atoms with Crippen LogP contribution < -0.4 is 10.0 Å². The molecule has 30 heavy (non-hydrogen) atoms. The minimum Gasteiger partial charge on any atom is -0.351 e. The van der Waals surface area contributed by atoms with Crippen molar-refractivity contribution in [2.45, 2.75) is 69.2 Å². The van der Waals surface area contributed by atoms with Crippen molar-refractivity contribution in [1.82, 2.24) is 10.2 Å². The molecule has 2 saturated carbocycles. The van der Waals surface area contributed by atoms with Crippen LogP contribution in [0.2, 0.25) is 0 Å². The Balaban J connectivity index is 1.49. The third-order valence-electron chi connectivity index (χ3n) is 7.09. The summed E-state index contributed by atoms with van der Waals surface area (Å²) in [5, 5.41) is 3.46. The van der Waals surface area contributed by atoms with Crippen molar-refractivity contribution in [3.63, 3.8) is 0 Å². The lowest BCUT2D eigenvalue weighted by atomic mass is 9.83.